The summed E-state index contributed by atoms with van der Waals surface area (Å²) in [7, 11) is 0. The maximum absolute atomic E-state index is 5.87. The average Bonchev–Trinajstić information content (AvgIpc) is 2.51. The van der Waals surface area contributed by atoms with Gasteiger partial charge in [-0.05, 0) is 82.5 Å². The second kappa shape index (κ2) is 11.8. The highest BCUT2D eigenvalue weighted by Crippen LogP contribution is 2.36. The van der Waals surface area contributed by atoms with Crippen molar-refractivity contribution in [1.29, 1.82) is 0 Å². The Morgan fingerprint density at radius 1 is 0.773 bits per heavy atom. The molecule has 2 nitrogen and oxygen atoms in total. The zero-order valence-corrected chi connectivity index (χ0v) is 16.1. The third-order valence-corrected chi connectivity index (χ3v) is 4.95. The molecule has 0 bridgehead atoms. The third-order valence-electron chi connectivity index (χ3n) is 3.11. The van der Waals surface area contributed by atoms with Crippen LogP contribution < -0.4 is 9.47 Å². The van der Waals surface area contributed by atoms with Crippen molar-refractivity contribution in [3.05, 3.63) is 46.4 Å². The van der Waals surface area contributed by atoms with Crippen LogP contribution in [0.5, 0.6) is 11.5 Å². The lowest BCUT2D eigenvalue weighted by Crippen LogP contribution is -2.03. The quantitative estimate of drug-likeness (QED) is 0.271. The average molecular weight is 432 g/mol. The smallest absolute Gasteiger partial charge is 0.162 e. The van der Waals surface area contributed by atoms with Crippen molar-refractivity contribution < 1.29 is 9.47 Å². The Morgan fingerprint density at radius 3 is 1.55 bits per heavy atom. The SMILES string of the molecule is C=CCCCCOc1cc(Br)c(Br)cc1OCCCCC=C. The van der Waals surface area contributed by atoms with Gasteiger partial charge >= 0.3 is 0 Å². The highest BCUT2D eigenvalue weighted by Gasteiger charge is 2.09. The van der Waals surface area contributed by atoms with Gasteiger partial charge in [-0.2, -0.15) is 0 Å². The normalized spacial score (nSPS) is 10.3. The molecule has 0 heterocycles. The van der Waals surface area contributed by atoms with E-state index in [2.05, 4.69) is 45.0 Å². The molecule has 4 heteroatoms. The van der Waals surface area contributed by atoms with E-state index in [-0.39, 0.29) is 0 Å². The van der Waals surface area contributed by atoms with E-state index in [1.165, 1.54) is 0 Å². The third kappa shape index (κ3) is 7.50. The molecule has 1 aromatic rings. The lowest BCUT2D eigenvalue weighted by atomic mass is 10.2. The van der Waals surface area contributed by atoms with Crippen molar-refractivity contribution in [3.8, 4) is 11.5 Å². The topological polar surface area (TPSA) is 18.5 Å². The number of allylic oxidation sites excluding steroid dienone is 2. The fraction of sp³-hybridized carbons (Fsp3) is 0.444. The Hall–Kier alpha value is -0.740. The monoisotopic (exact) mass is 430 g/mol. The van der Waals surface area contributed by atoms with Crippen molar-refractivity contribution >= 4 is 31.9 Å². The Balaban J connectivity index is 2.54. The first-order chi connectivity index (χ1) is 10.7. The molecule has 122 valence electrons. The first kappa shape index (κ1) is 19.3. The standard InChI is InChI=1S/C18H24Br2O2/c1-3-5-7-9-11-21-17-13-15(19)16(20)14-18(17)22-12-10-8-6-4-2/h3-4,13-14H,1-2,5-12H2. The lowest BCUT2D eigenvalue weighted by Gasteiger charge is -2.14. The second-order valence-electron chi connectivity index (χ2n) is 4.98. The molecule has 0 amide bonds. The zero-order valence-electron chi connectivity index (χ0n) is 13.0. The minimum absolute atomic E-state index is 0.689. The van der Waals surface area contributed by atoms with E-state index in [0.717, 1.165) is 59.0 Å². The Labute approximate surface area is 150 Å². The summed E-state index contributed by atoms with van der Waals surface area (Å²) in [4.78, 5) is 0. The molecule has 1 aromatic carbocycles. The van der Waals surface area contributed by atoms with Crippen LogP contribution in [0.3, 0.4) is 0 Å². The van der Waals surface area contributed by atoms with Gasteiger partial charge < -0.3 is 9.47 Å². The molecule has 0 unspecified atom stereocenters. The first-order valence-corrected chi connectivity index (χ1v) is 9.24. The van der Waals surface area contributed by atoms with E-state index in [4.69, 9.17) is 9.47 Å². The Morgan fingerprint density at radius 2 is 1.18 bits per heavy atom. The number of benzene rings is 1. The van der Waals surface area contributed by atoms with E-state index >= 15 is 0 Å². The van der Waals surface area contributed by atoms with Crippen LogP contribution in [0.1, 0.15) is 38.5 Å². The molecule has 22 heavy (non-hydrogen) atoms. The van der Waals surface area contributed by atoms with Crippen molar-refractivity contribution in [1.82, 2.24) is 0 Å². The fourth-order valence-corrected chi connectivity index (χ4v) is 2.53. The van der Waals surface area contributed by atoms with Gasteiger partial charge in [-0.15, -0.1) is 13.2 Å². The van der Waals surface area contributed by atoms with Crippen molar-refractivity contribution in [2.75, 3.05) is 13.2 Å². The number of hydrogen-bond acceptors (Lipinski definition) is 2. The molecule has 0 atom stereocenters. The molecule has 0 spiro atoms. The molecule has 0 saturated heterocycles. The van der Waals surface area contributed by atoms with Gasteiger partial charge in [0.1, 0.15) is 0 Å². The first-order valence-electron chi connectivity index (χ1n) is 7.65. The van der Waals surface area contributed by atoms with E-state index in [1.54, 1.807) is 0 Å². The molecule has 1 rings (SSSR count). The van der Waals surface area contributed by atoms with E-state index in [1.807, 2.05) is 24.3 Å². The summed E-state index contributed by atoms with van der Waals surface area (Å²) < 4.78 is 13.7. The fourth-order valence-electron chi connectivity index (χ4n) is 1.88. The largest absolute Gasteiger partial charge is 0.490 e. The molecule has 0 aliphatic rings. The molecule has 0 aromatic heterocycles. The number of hydrogen-bond donors (Lipinski definition) is 0. The predicted molar refractivity (Wildman–Crippen MR) is 101 cm³/mol. The molecule has 0 aliphatic heterocycles. The van der Waals surface area contributed by atoms with Crippen molar-refractivity contribution in [3.63, 3.8) is 0 Å². The predicted octanol–water partition coefficient (Wildman–Crippen LogP) is 6.68. The number of halogens is 2. The maximum atomic E-state index is 5.87. The van der Waals surface area contributed by atoms with Crippen LogP contribution in [0.15, 0.2) is 46.4 Å². The van der Waals surface area contributed by atoms with Gasteiger partial charge in [-0.3, -0.25) is 0 Å². The molecule has 0 N–H and O–H groups in total. The van der Waals surface area contributed by atoms with E-state index in [0.29, 0.717) is 13.2 Å². The van der Waals surface area contributed by atoms with Crippen LogP contribution in [0.2, 0.25) is 0 Å². The highest BCUT2D eigenvalue weighted by molar-refractivity contribution is 9.13. The van der Waals surface area contributed by atoms with Crippen LogP contribution in [0.25, 0.3) is 0 Å². The Kier molecular flexibility index (Phi) is 10.3. The van der Waals surface area contributed by atoms with Gasteiger partial charge in [0, 0.05) is 8.95 Å². The molecule has 0 saturated carbocycles. The second-order valence-corrected chi connectivity index (χ2v) is 6.69. The van der Waals surface area contributed by atoms with Crippen LogP contribution in [0.4, 0.5) is 0 Å². The summed E-state index contributed by atoms with van der Waals surface area (Å²) in [6.07, 6.45) is 10.1. The Bertz CT molecular complexity index is 429. The maximum Gasteiger partial charge on any atom is 0.162 e. The van der Waals surface area contributed by atoms with Crippen LogP contribution in [-0.2, 0) is 0 Å². The summed E-state index contributed by atoms with van der Waals surface area (Å²) >= 11 is 7.02. The highest BCUT2D eigenvalue weighted by atomic mass is 79.9. The van der Waals surface area contributed by atoms with Crippen molar-refractivity contribution in [2.45, 2.75) is 38.5 Å². The lowest BCUT2D eigenvalue weighted by molar-refractivity contribution is 0.260. The number of rotatable bonds is 12. The number of unbranched alkanes of at least 4 members (excludes halogenated alkanes) is 4. The van der Waals surface area contributed by atoms with Crippen LogP contribution >= 0.6 is 31.9 Å². The molecule has 0 fully saturated rings. The van der Waals surface area contributed by atoms with Gasteiger partial charge in [-0.1, -0.05) is 12.2 Å². The van der Waals surface area contributed by atoms with Crippen LogP contribution in [-0.4, -0.2) is 13.2 Å². The van der Waals surface area contributed by atoms with Gasteiger partial charge in [0.25, 0.3) is 0 Å². The van der Waals surface area contributed by atoms with Crippen LogP contribution in [0, 0.1) is 0 Å². The zero-order chi connectivity index (χ0) is 16.2. The molecule has 0 radical (unpaired) electrons. The van der Waals surface area contributed by atoms with Gasteiger partial charge in [-0.25, -0.2) is 0 Å². The molecular formula is C18H24Br2O2. The van der Waals surface area contributed by atoms with Gasteiger partial charge in [0.2, 0.25) is 0 Å². The minimum atomic E-state index is 0.689. The van der Waals surface area contributed by atoms with E-state index in [9.17, 15) is 0 Å². The summed E-state index contributed by atoms with van der Waals surface area (Å²) in [6.45, 7) is 8.84. The summed E-state index contributed by atoms with van der Waals surface area (Å²) in [5.41, 5.74) is 0. The van der Waals surface area contributed by atoms with Gasteiger partial charge in [0.05, 0.1) is 13.2 Å². The summed E-state index contributed by atoms with van der Waals surface area (Å²) in [5.74, 6) is 1.58. The molecular weight excluding hydrogens is 408 g/mol. The number of ether oxygens (including phenoxy) is 2. The van der Waals surface area contributed by atoms with E-state index < -0.39 is 0 Å². The van der Waals surface area contributed by atoms with Crippen molar-refractivity contribution in [2.24, 2.45) is 0 Å². The summed E-state index contributed by atoms with van der Waals surface area (Å²) in [6, 6.07) is 3.91. The summed E-state index contributed by atoms with van der Waals surface area (Å²) in [5, 5.41) is 0. The van der Waals surface area contributed by atoms with Gasteiger partial charge in [0.15, 0.2) is 11.5 Å². The minimum Gasteiger partial charge on any atom is -0.490 e. The molecule has 0 aliphatic carbocycles.